The highest BCUT2D eigenvalue weighted by molar-refractivity contribution is 5.89. The second-order valence-electron chi connectivity index (χ2n) is 15.9. The van der Waals surface area contributed by atoms with E-state index in [0.717, 1.165) is 68.3 Å². The summed E-state index contributed by atoms with van der Waals surface area (Å²) in [5, 5.41) is 35.0. The van der Waals surface area contributed by atoms with Crippen molar-refractivity contribution in [3.05, 3.63) is 76.6 Å². The average Bonchev–Trinajstić information content (AvgIpc) is 3.50. The Kier molecular flexibility index (Phi) is 7.03. The van der Waals surface area contributed by atoms with Gasteiger partial charge in [-0.2, -0.15) is 0 Å². The zero-order valence-electron chi connectivity index (χ0n) is 26.9. The molecule has 2 aromatic carbocycles. The van der Waals surface area contributed by atoms with E-state index in [2.05, 4.69) is 131 Å². The molecular formula is C35H46N6O. The normalized spacial score (nSPS) is 17.2. The molecule has 0 radical (unpaired) electrons. The Morgan fingerprint density at radius 1 is 0.714 bits per heavy atom. The van der Waals surface area contributed by atoms with Crippen molar-refractivity contribution in [3.63, 3.8) is 0 Å². The van der Waals surface area contributed by atoms with E-state index in [9.17, 15) is 5.11 Å². The summed E-state index contributed by atoms with van der Waals surface area (Å²) in [6.07, 6.45) is 5.60. The molecule has 2 aromatic heterocycles. The minimum atomic E-state index is -0.265. The number of rotatable bonds is 6. The Morgan fingerprint density at radius 2 is 1.21 bits per heavy atom. The minimum absolute atomic E-state index is 0.116. The first-order valence-electron chi connectivity index (χ1n) is 14.9. The number of fused-ring (bicyclic) bond motifs is 2. The molecule has 1 aliphatic carbocycles. The Morgan fingerprint density at radius 3 is 1.74 bits per heavy atom. The molecule has 0 aliphatic heterocycles. The third kappa shape index (κ3) is 5.66. The maximum absolute atomic E-state index is 11.5. The SMILES string of the molecule is C=C1C=CC(O)=C(c2cc(C(C)(C)CC(C)(C)C)c3nn[nH]c3c2)C1c1cc(C(C)(C)CC(C)(C)C)c2nn[nH]c2c1. The van der Waals surface area contributed by atoms with Crippen LogP contribution in [0.2, 0.25) is 0 Å². The van der Waals surface area contributed by atoms with Gasteiger partial charge >= 0.3 is 0 Å². The van der Waals surface area contributed by atoms with Crippen LogP contribution >= 0.6 is 0 Å². The lowest BCUT2D eigenvalue weighted by molar-refractivity contribution is 0.284. The van der Waals surface area contributed by atoms with Gasteiger partial charge in [0.15, 0.2) is 0 Å². The highest BCUT2D eigenvalue weighted by Crippen LogP contribution is 2.48. The molecule has 0 saturated heterocycles. The average molecular weight is 567 g/mol. The second kappa shape index (κ2) is 9.92. The fraction of sp³-hybridized carbons (Fsp3) is 0.486. The van der Waals surface area contributed by atoms with Gasteiger partial charge in [0.25, 0.3) is 0 Å². The highest BCUT2D eigenvalue weighted by atomic mass is 16.3. The van der Waals surface area contributed by atoms with Gasteiger partial charge < -0.3 is 5.11 Å². The van der Waals surface area contributed by atoms with Crippen molar-refractivity contribution in [3.8, 4) is 0 Å². The van der Waals surface area contributed by atoms with Gasteiger partial charge in [-0.3, -0.25) is 10.2 Å². The van der Waals surface area contributed by atoms with E-state index in [1.807, 2.05) is 6.08 Å². The number of nitrogens with zero attached hydrogens (tertiary/aromatic N) is 4. The first-order chi connectivity index (χ1) is 19.4. The number of hydrogen-bond donors (Lipinski definition) is 3. The van der Waals surface area contributed by atoms with Gasteiger partial charge in [0, 0.05) is 11.5 Å². The molecule has 0 spiro atoms. The first-order valence-corrected chi connectivity index (χ1v) is 14.9. The molecule has 1 unspecified atom stereocenters. The van der Waals surface area contributed by atoms with E-state index in [-0.39, 0.29) is 33.3 Å². The molecule has 0 bridgehead atoms. The zero-order valence-corrected chi connectivity index (χ0v) is 26.9. The number of aromatic nitrogens is 6. The maximum Gasteiger partial charge on any atom is 0.120 e. The van der Waals surface area contributed by atoms with Crippen LogP contribution in [0.5, 0.6) is 0 Å². The maximum atomic E-state index is 11.5. The summed E-state index contributed by atoms with van der Waals surface area (Å²) in [7, 11) is 0. The Balaban J connectivity index is 1.72. The van der Waals surface area contributed by atoms with Gasteiger partial charge in [-0.1, -0.05) is 98.4 Å². The zero-order chi connectivity index (χ0) is 30.8. The third-order valence-corrected chi connectivity index (χ3v) is 8.32. The number of aliphatic hydroxyl groups is 1. The molecule has 222 valence electrons. The number of allylic oxidation sites excluding steroid dienone is 4. The summed E-state index contributed by atoms with van der Waals surface area (Å²) in [6.45, 7) is 27.1. The van der Waals surface area contributed by atoms with Crippen molar-refractivity contribution in [1.82, 2.24) is 30.8 Å². The number of nitrogens with one attached hydrogen (secondary N) is 2. The van der Waals surface area contributed by atoms with Crippen molar-refractivity contribution >= 4 is 27.6 Å². The summed E-state index contributed by atoms with van der Waals surface area (Å²) >= 11 is 0. The molecule has 5 rings (SSSR count). The number of hydrogen-bond acceptors (Lipinski definition) is 5. The van der Waals surface area contributed by atoms with Crippen LogP contribution in [-0.2, 0) is 10.8 Å². The number of benzene rings is 2. The lowest BCUT2D eigenvalue weighted by atomic mass is 9.69. The minimum Gasteiger partial charge on any atom is -0.508 e. The molecule has 0 amide bonds. The smallest absolute Gasteiger partial charge is 0.120 e. The fourth-order valence-electron chi connectivity index (χ4n) is 7.53. The van der Waals surface area contributed by atoms with E-state index in [1.165, 1.54) is 0 Å². The third-order valence-electron chi connectivity index (χ3n) is 8.32. The lowest BCUT2D eigenvalue weighted by Gasteiger charge is -2.35. The fourth-order valence-corrected chi connectivity index (χ4v) is 7.53. The molecule has 42 heavy (non-hydrogen) atoms. The van der Waals surface area contributed by atoms with E-state index in [4.69, 9.17) is 0 Å². The molecule has 1 atom stereocenters. The van der Waals surface area contributed by atoms with E-state index < -0.39 is 0 Å². The lowest BCUT2D eigenvalue weighted by Crippen LogP contribution is -2.26. The van der Waals surface area contributed by atoms with Crippen molar-refractivity contribution in [2.45, 2.75) is 98.8 Å². The summed E-state index contributed by atoms with van der Waals surface area (Å²) in [4.78, 5) is 0. The van der Waals surface area contributed by atoms with E-state index in [0.29, 0.717) is 0 Å². The number of H-pyrrole nitrogens is 2. The molecule has 3 N–H and O–H groups in total. The molecule has 4 aromatic rings. The van der Waals surface area contributed by atoms with Crippen molar-refractivity contribution in [2.75, 3.05) is 0 Å². The van der Waals surface area contributed by atoms with Crippen LogP contribution in [0.4, 0.5) is 0 Å². The molecule has 2 heterocycles. The van der Waals surface area contributed by atoms with Gasteiger partial charge in [-0.25, -0.2) is 0 Å². The van der Waals surface area contributed by atoms with Crippen LogP contribution in [0.3, 0.4) is 0 Å². The predicted octanol–water partition coefficient (Wildman–Crippen LogP) is 8.84. The van der Waals surface area contributed by atoms with E-state index in [1.54, 1.807) is 6.08 Å². The van der Waals surface area contributed by atoms with Crippen molar-refractivity contribution < 1.29 is 5.11 Å². The second-order valence-corrected chi connectivity index (χ2v) is 15.9. The molecule has 0 fully saturated rings. The molecule has 7 heteroatoms. The monoisotopic (exact) mass is 566 g/mol. The summed E-state index contributed by atoms with van der Waals surface area (Å²) in [5.74, 6) is -0.0315. The van der Waals surface area contributed by atoms with Crippen LogP contribution in [0.15, 0.2) is 54.3 Å². The first kappa shape index (κ1) is 29.7. The van der Waals surface area contributed by atoms with Crippen molar-refractivity contribution in [2.24, 2.45) is 10.8 Å². The molecule has 7 nitrogen and oxygen atoms in total. The number of aromatic amines is 2. The molecule has 1 aliphatic rings. The topological polar surface area (TPSA) is 103 Å². The summed E-state index contributed by atoms with van der Waals surface area (Å²) < 4.78 is 0. The summed E-state index contributed by atoms with van der Waals surface area (Å²) in [6, 6.07) is 8.61. The van der Waals surface area contributed by atoms with E-state index >= 15 is 0 Å². The van der Waals surface area contributed by atoms with Crippen LogP contribution in [-0.4, -0.2) is 35.9 Å². The van der Waals surface area contributed by atoms with Crippen LogP contribution in [0, 0.1) is 10.8 Å². The Bertz CT molecular complexity index is 1730. The quantitative estimate of drug-likeness (QED) is 0.216. The van der Waals surface area contributed by atoms with Crippen LogP contribution in [0.25, 0.3) is 27.6 Å². The largest absolute Gasteiger partial charge is 0.508 e. The van der Waals surface area contributed by atoms with Gasteiger partial charge in [-0.05, 0) is 86.6 Å². The molecule has 0 saturated carbocycles. The van der Waals surface area contributed by atoms with Gasteiger partial charge in [-0.15, -0.1) is 10.2 Å². The van der Waals surface area contributed by atoms with Crippen LogP contribution in [0.1, 0.15) is 110 Å². The Labute approximate surface area is 249 Å². The van der Waals surface area contributed by atoms with Crippen LogP contribution < -0.4 is 0 Å². The van der Waals surface area contributed by atoms with Gasteiger partial charge in [0.2, 0.25) is 0 Å². The standard InChI is InChI=1S/C35H46N6O/c1-20-12-13-27(42)29(22-15-24(31-26(17-22)37-41-39-31)35(10,11)19-33(5,6)7)28(20)21-14-23(30-25(16-21)36-40-38-30)34(8,9)18-32(2,3)4/h12-17,28,42H,1,18-19H2,2-11H3,(H,36,38,40)(H,37,39,41). The van der Waals surface area contributed by atoms with Crippen molar-refractivity contribution in [1.29, 1.82) is 0 Å². The highest BCUT2D eigenvalue weighted by Gasteiger charge is 2.35. The number of aliphatic hydroxyl groups excluding tert-OH is 1. The van der Waals surface area contributed by atoms with Gasteiger partial charge in [0.1, 0.15) is 16.8 Å². The molecular weight excluding hydrogens is 520 g/mol. The Hall–Kier alpha value is -3.74. The predicted molar refractivity (Wildman–Crippen MR) is 173 cm³/mol. The van der Waals surface area contributed by atoms with Gasteiger partial charge in [0.05, 0.1) is 11.0 Å². The summed E-state index contributed by atoms with van der Waals surface area (Å²) in [5.41, 5.74) is 9.33.